The lowest BCUT2D eigenvalue weighted by Crippen LogP contribution is -2.52. The van der Waals surface area contributed by atoms with Crippen LogP contribution in [0.3, 0.4) is 0 Å². The molecule has 63 valence electrons. The fraction of sp³-hybridized carbons (Fsp3) is 0.857. The Kier molecular flexibility index (Phi) is 2.99. The summed E-state index contributed by atoms with van der Waals surface area (Å²) in [6.45, 7) is 3.96. The maximum Gasteiger partial charge on any atom is 0.168 e. The molecule has 1 heterocycles. The van der Waals surface area contributed by atoms with Crippen molar-refractivity contribution in [1.82, 2.24) is 10.6 Å². The van der Waals surface area contributed by atoms with Crippen LogP contribution in [0.15, 0.2) is 0 Å². The molecule has 1 saturated heterocycles. The molecule has 0 amide bonds. The molecule has 0 saturated carbocycles. The second-order valence-corrected chi connectivity index (χ2v) is 2.82. The monoisotopic (exact) mass is 156 g/mol. The van der Waals surface area contributed by atoms with Crippen molar-refractivity contribution in [3.63, 3.8) is 0 Å². The number of carbonyl (C=O) groups is 1. The summed E-state index contributed by atoms with van der Waals surface area (Å²) in [5.74, 6) is 0.0391. The zero-order chi connectivity index (χ0) is 8.27. The van der Waals surface area contributed by atoms with Crippen molar-refractivity contribution in [2.45, 2.75) is 19.0 Å². The first-order chi connectivity index (χ1) is 5.22. The van der Waals surface area contributed by atoms with Gasteiger partial charge in [0.2, 0.25) is 0 Å². The Balaban J connectivity index is 2.39. The normalized spacial score (nSPS) is 28.0. The molecule has 0 spiro atoms. The van der Waals surface area contributed by atoms with Gasteiger partial charge in [-0.25, -0.2) is 5.32 Å². The predicted octanol–water partition coefficient (Wildman–Crippen LogP) is -1.52. The summed E-state index contributed by atoms with van der Waals surface area (Å²) in [6, 6.07) is -0.590. The highest BCUT2D eigenvalue weighted by Crippen LogP contribution is 1.94. The lowest BCUT2D eigenvalue weighted by Gasteiger charge is -2.22. The third-order valence-corrected chi connectivity index (χ3v) is 1.75. The van der Waals surface area contributed by atoms with Gasteiger partial charge in [0, 0.05) is 19.6 Å². The minimum Gasteiger partial charge on any atom is -0.322 e. The molecule has 2 unspecified atom stereocenters. The van der Waals surface area contributed by atoms with Crippen molar-refractivity contribution in [2.75, 3.05) is 19.6 Å². The third-order valence-electron chi connectivity index (χ3n) is 1.75. The van der Waals surface area contributed by atoms with E-state index in [0.717, 1.165) is 13.1 Å². The van der Waals surface area contributed by atoms with Crippen LogP contribution >= 0.6 is 0 Å². The Labute approximate surface area is 66.5 Å². The van der Waals surface area contributed by atoms with Gasteiger partial charge in [-0.2, -0.15) is 0 Å². The van der Waals surface area contributed by atoms with E-state index in [1.807, 2.05) is 0 Å². The van der Waals surface area contributed by atoms with Gasteiger partial charge in [-0.15, -0.1) is 0 Å². The number of hydrogen-bond donors (Lipinski definition) is 2. The van der Waals surface area contributed by atoms with Crippen LogP contribution in [-0.4, -0.2) is 37.5 Å². The summed E-state index contributed by atoms with van der Waals surface area (Å²) in [7, 11) is 0. The number of hydrogen-bond acceptors (Lipinski definition) is 3. The lowest BCUT2D eigenvalue weighted by molar-refractivity contribution is -0.122. The minimum atomic E-state index is -0.386. The van der Waals surface area contributed by atoms with E-state index in [9.17, 15) is 4.79 Å². The van der Waals surface area contributed by atoms with Gasteiger partial charge in [0.1, 0.15) is 0 Å². The fourth-order valence-electron chi connectivity index (χ4n) is 1.10. The van der Waals surface area contributed by atoms with Gasteiger partial charge in [0.25, 0.3) is 0 Å². The molecule has 0 bridgehead atoms. The zero-order valence-electron chi connectivity index (χ0n) is 6.71. The van der Waals surface area contributed by atoms with Crippen molar-refractivity contribution in [2.24, 2.45) is 5.73 Å². The van der Waals surface area contributed by atoms with Crippen LogP contribution in [0, 0.1) is 0 Å². The molecule has 0 aromatic heterocycles. The molecule has 1 radical (unpaired) electrons. The molecular weight excluding hydrogens is 142 g/mol. The molecule has 0 aliphatic carbocycles. The van der Waals surface area contributed by atoms with Gasteiger partial charge in [-0.1, -0.05) is 0 Å². The largest absolute Gasteiger partial charge is 0.322 e. The minimum absolute atomic E-state index is 0.0391. The van der Waals surface area contributed by atoms with Crippen molar-refractivity contribution < 1.29 is 4.79 Å². The first-order valence-corrected chi connectivity index (χ1v) is 3.88. The molecule has 3 N–H and O–H groups in total. The molecule has 11 heavy (non-hydrogen) atoms. The van der Waals surface area contributed by atoms with Gasteiger partial charge < -0.3 is 11.1 Å². The summed E-state index contributed by atoms with van der Waals surface area (Å²) < 4.78 is 0. The molecule has 1 aliphatic heterocycles. The molecular formula is C7H14N3O. The van der Waals surface area contributed by atoms with E-state index in [0.29, 0.717) is 6.54 Å². The molecule has 2 atom stereocenters. The highest BCUT2D eigenvalue weighted by atomic mass is 16.1. The van der Waals surface area contributed by atoms with Crippen LogP contribution in [-0.2, 0) is 4.79 Å². The van der Waals surface area contributed by atoms with Crippen LogP contribution in [0.5, 0.6) is 0 Å². The van der Waals surface area contributed by atoms with E-state index < -0.39 is 0 Å². The SMILES string of the molecule is CC(N)C(=O)C1CNCC[N]1. The topological polar surface area (TPSA) is 69.2 Å². The highest BCUT2D eigenvalue weighted by Gasteiger charge is 2.23. The summed E-state index contributed by atoms with van der Waals surface area (Å²) in [6.07, 6.45) is 0. The average molecular weight is 156 g/mol. The van der Waals surface area contributed by atoms with E-state index in [2.05, 4.69) is 10.6 Å². The maximum absolute atomic E-state index is 11.2. The molecule has 4 heteroatoms. The van der Waals surface area contributed by atoms with Crippen molar-refractivity contribution >= 4 is 5.78 Å². The van der Waals surface area contributed by atoms with E-state index in [1.165, 1.54) is 0 Å². The fourth-order valence-corrected chi connectivity index (χ4v) is 1.10. The molecule has 0 aromatic rings. The number of ketones is 1. The Hall–Kier alpha value is -0.450. The Morgan fingerprint density at radius 1 is 1.82 bits per heavy atom. The van der Waals surface area contributed by atoms with Crippen LogP contribution in [0.25, 0.3) is 0 Å². The standard InChI is InChI=1S/C7H14N3O/c1-5(8)7(11)6-4-9-2-3-10-6/h5-6,9H,2-4,8H2,1H3. The van der Waals surface area contributed by atoms with Gasteiger partial charge >= 0.3 is 0 Å². The number of nitrogens with zero attached hydrogens (tertiary/aromatic N) is 1. The smallest absolute Gasteiger partial charge is 0.168 e. The van der Waals surface area contributed by atoms with Gasteiger partial charge in [-0.05, 0) is 6.92 Å². The van der Waals surface area contributed by atoms with Crippen LogP contribution < -0.4 is 16.4 Å². The summed E-state index contributed by atoms with van der Waals surface area (Å²) >= 11 is 0. The average Bonchev–Trinajstić information content (AvgIpc) is 2.05. The predicted molar refractivity (Wildman–Crippen MR) is 42.3 cm³/mol. The zero-order valence-corrected chi connectivity index (χ0v) is 6.71. The molecule has 4 nitrogen and oxygen atoms in total. The van der Waals surface area contributed by atoms with Gasteiger partial charge in [-0.3, -0.25) is 4.79 Å². The third kappa shape index (κ3) is 2.25. The van der Waals surface area contributed by atoms with Gasteiger partial charge in [0.15, 0.2) is 5.78 Å². The summed E-state index contributed by atoms with van der Waals surface area (Å²) in [4.78, 5) is 11.2. The van der Waals surface area contributed by atoms with Crippen molar-refractivity contribution in [3.05, 3.63) is 0 Å². The van der Waals surface area contributed by atoms with Crippen LogP contribution in [0.1, 0.15) is 6.92 Å². The quantitative estimate of drug-likeness (QED) is 0.510. The number of nitrogens with one attached hydrogen (secondary N) is 1. The number of piperazine rings is 1. The maximum atomic E-state index is 11.2. The first-order valence-electron chi connectivity index (χ1n) is 3.88. The Morgan fingerprint density at radius 3 is 3.00 bits per heavy atom. The lowest BCUT2D eigenvalue weighted by atomic mass is 10.1. The molecule has 1 aliphatic rings. The highest BCUT2D eigenvalue weighted by molar-refractivity contribution is 5.88. The van der Waals surface area contributed by atoms with Gasteiger partial charge in [0.05, 0.1) is 12.1 Å². The van der Waals surface area contributed by atoms with Crippen molar-refractivity contribution in [1.29, 1.82) is 0 Å². The summed E-state index contributed by atoms with van der Waals surface area (Å²) in [5, 5.41) is 7.26. The van der Waals surface area contributed by atoms with E-state index in [-0.39, 0.29) is 17.9 Å². The van der Waals surface area contributed by atoms with E-state index in [1.54, 1.807) is 6.92 Å². The molecule has 1 rings (SSSR count). The Bertz CT molecular complexity index is 141. The Morgan fingerprint density at radius 2 is 2.55 bits per heavy atom. The molecule has 1 fully saturated rings. The second-order valence-electron chi connectivity index (χ2n) is 2.82. The summed E-state index contributed by atoms with van der Waals surface area (Å²) in [5.41, 5.74) is 5.43. The van der Waals surface area contributed by atoms with E-state index in [4.69, 9.17) is 5.73 Å². The second kappa shape index (κ2) is 3.80. The number of rotatable bonds is 2. The van der Waals surface area contributed by atoms with Crippen LogP contribution in [0.4, 0.5) is 0 Å². The van der Waals surface area contributed by atoms with Crippen LogP contribution in [0.2, 0.25) is 0 Å². The number of nitrogens with two attached hydrogens (primary N) is 1. The number of Topliss-reactive ketones (excluding diaryl/α,β-unsaturated/α-hetero) is 1. The first kappa shape index (κ1) is 8.64. The number of carbonyl (C=O) groups excluding carboxylic acids is 1. The molecule has 0 aromatic carbocycles. The van der Waals surface area contributed by atoms with Crippen molar-refractivity contribution in [3.8, 4) is 0 Å². The van der Waals surface area contributed by atoms with E-state index >= 15 is 0 Å².